The molecule has 0 amide bonds. The number of halogens is 4. The van der Waals surface area contributed by atoms with Crippen molar-refractivity contribution in [3.05, 3.63) is 0 Å². The molecule has 0 saturated heterocycles. The number of rotatable bonds is 2. The quantitative estimate of drug-likeness (QED) is 0.774. The van der Waals surface area contributed by atoms with Crippen molar-refractivity contribution in [3.63, 3.8) is 0 Å². The van der Waals surface area contributed by atoms with Gasteiger partial charge in [0.15, 0.2) is 0 Å². The molecule has 0 aliphatic carbocycles. The predicted octanol–water partition coefficient (Wildman–Crippen LogP) is 3.53. The first kappa shape index (κ1) is 14.3. The van der Waals surface area contributed by atoms with Gasteiger partial charge in [-0.25, -0.2) is 0 Å². The van der Waals surface area contributed by atoms with Crippen molar-refractivity contribution >= 4 is 37.7 Å². The Morgan fingerprint density at radius 2 is 1.50 bits per heavy atom. The zero-order valence-electron chi connectivity index (χ0n) is 5.49. The monoisotopic (exact) mass is 312 g/mol. The summed E-state index contributed by atoms with van der Waals surface area (Å²) in [6.07, 6.45) is 2.04. The molecule has 0 aromatic carbocycles. The summed E-state index contributed by atoms with van der Waals surface area (Å²) < 4.78 is 0. The molecule has 10 heavy (non-hydrogen) atoms. The van der Waals surface area contributed by atoms with E-state index in [2.05, 4.69) is 6.92 Å². The second-order valence-electron chi connectivity index (χ2n) is 1.43. The van der Waals surface area contributed by atoms with E-state index >= 15 is 0 Å². The second-order valence-corrected chi connectivity index (χ2v) is 19.7. The van der Waals surface area contributed by atoms with Crippen molar-refractivity contribution in [3.8, 4) is 0 Å². The molecule has 0 spiro atoms. The minimum absolute atomic E-state index is 0.344. The van der Waals surface area contributed by atoms with E-state index in [1.165, 1.54) is 0 Å². The second kappa shape index (κ2) is 8.90. The molecule has 1 nitrogen and oxygen atoms in total. The Morgan fingerprint density at radius 1 is 1.20 bits per heavy atom. The van der Waals surface area contributed by atoms with Gasteiger partial charge in [0.1, 0.15) is 0 Å². The summed E-state index contributed by atoms with van der Waals surface area (Å²) in [4.78, 5) is 0. The average Bonchev–Trinajstić information content (AvgIpc) is 1.63. The fourth-order valence-electron chi connectivity index (χ4n) is 0.158. The van der Waals surface area contributed by atoms with E-state index in [9.17, 15) is 0 Å². The summed E-state index contributed by atoms with van der Waals surface area (Å²) in [6.45, 7) is 2.40. The summed E-state index contributed by atoms with van der Waals surface area (Å²) in [6, 6.07) is 0. The van der Waals surface area contributed by atoms with Crippen LogP contribution in [0.3, 0.4) is 0 Å². The van der Waals surface area contributed by atoms with Crippen LogP contribution in [0.4, 0.5) is 0 Å². The zero-order chi connectivity index (χ0) is 8.62. The third-order valence-electron chi connectivity index (χ3n) is 0.512. The van der Waals surface area contributed by atoms with E-state index < -0.39 is 11.9 Å². The van der Waals surface area contributed by atoms with Crippen LogP contribution in [-0.4, -0.2) is 11.7 Å². The van der Waals surface area contributed by atoms with Crippen LogP contribution in [0, 0.1) is 0 Å². The molecule has 0 heterocycles. The molecule has 0 atom stereocenters. The average molecular weight is 312 g/mol. The van der Waals surface area contributed by atoms with Gasteiger partial charge >= 0.3 is 49.6 Å². The van der Waals surface area contributed by atoms with Gasteiger partial charge in [-0.05, 0) is 6.42 Å². The molecule has 0 unspecified atom stereocenters. The van der Waals surface area contributed by atoms with Gasteiger partial charge in [0, 0.05) is 6.61 Å². The molecule has 66 valence electrons. The fourth-order valence-corrected chi connectivity index (χ4v) is 0.158. The van der Waals surface area contributed by atoms with Crippen LogP contribution in [0.15, 0.2) is 0 Å². The van der Waals surface area contributed by atoms with Crippen molar-refractivity contribution < 1.29 is 17.0 Å². The summed E-state index contributed by atoms with van der Waals surface area (Å²) in [5.41, 5.74) is 0. The zero-order valence-corrected chi connectivity index (χ0v) is 10.5. The van der Waals surface area contributed by atoms with Crippen LogP contribution < -0.4 is 0 Å². The number of aliphatic hydroxyl groups excluding tert-OH is 1. The van der Waals surface area contributed by atoms with Crippen LogP contribution in [-0.2, 0) is 11.9 Å². The number of hydrogen-bond acceptors (Lipinski definition) is 1. The van der Waals surface area contributed by atoms with Crippen LogP contribution in [0.25, 0.3) is 0 Å². The van der Waals surface area contributed by atoms with E-state index in [0.717, 1.165) is 12.8 Å². The minimum atomic E-state index is -3.13. The van der Waals surface area contributed by atoms with Crippen molar-refractivity contribution in [2.24, 2.45) is 0 Å². The van der Waals surface area contributed by atoms with Gasteiger partial charge in [0.2, 0.25) is 0 Å². The molecule has 0 aromatic rings. The summed E-state index contributed by atoms with van der Waals surface area (Å²) in [5.74, 6) is 0. The number of aliphatic hydroxyl groups is 1. The summed E-state index contributed by atoms with van der Waals surface area (Å²) in [7, 11) is 20.1. The van der Waals surface area contributed by atoms with Crippen LogP contribution >= 0.6 is 37.7 Å². The van der Waals surface area contributed by atoms with Gasteiger partial charge in [-0.1, -0.05) is 13.3 Å². The van der Waals surface area contributed by atoms with Gasteiger partial charge in [-0.15, -0.1) is 0 Å². The maximum atomic E-state index is 8.07. The molecule has 0 aliphatic rings. The molecule has 0 fully saturated rings. The van der Waals surface area contributed by atoms with E-state index in [4.69, 9.17) is 42.8 Å². The number of unbranched alkanes of at least 4 members (excludes halogenated alkanes) is 1. The van der Waals surface area contributed by atoms with Crippen molar-refractivity contribution in [1.82, 2.24) is 0 Å². The van der Waals surface area contributed by atoms with Crippen molar-refractivity contribution in [1.29, 1.82) is 0 Å². The first-order valence-corrected chi connectivity index (χ1v) is 13.0. The summed E-state index contributed by atoms with van der Waals surface area (Å²) >= 11 is -3.13. The Balaban J connectivity index is 0. The molecule has 0 aromatic heterocycles. The normalized spacial score (nSPS) is 11.8. The Morgan fingerprint density at radius 3 is 1.50 bits per heavy atom. The molecular weight excluding hydrogens is 302 g/mol. The van der Waals surface area contributed by atoms with E-state index in [0.29, 0.717) is 6.61 Å². The van der Waals surface area contributed by atoms with E-state index in [-0.39, 0.29) is 0 Å². The van der Waals surface area contributed by atoms with Gasteiger partial charge in [-0.2, -0.15) is 0 Å². The van der Waals surface area contributed by atoms with Crippen LogP contribution in [0.1, 0.15) is 19.8 Å². The first-order chi connectivity index (χ1) is 4.41. The Labute approximate surface area is 80.5 Å². The fraction of sp³-hybridized carbons (Fsp3) is 1.00. The Kier molecular flexibility index (Phi) is 12.8. The molecule has 0 rings (SSSR count). The maximum absolute atomic E-state index is 8.07. The molecule has 1 N–H and O–H groups in total. The van der Waals surface area contributed by atoms with Gasteiger partial charge in [0.05, 0.1) is 0 Å². The molecule has 0 bridgehead atoms. The van der Waals surface area contributed by atoms with Gasteiger partial charge in [-0.3, -0.25) is 0 Å². The van der Waals surface area contributed by atoms with Crippen molar-refractivity contribution in [2.45, 2.75) is 19.8 Å². The SMILES string of the molecule is CCCCO.[Cl][Mo]([Cl])([Cl])[Cl]. The van der Waals surface area contributed by atoms with Gasteiger partial charge < -0.3 is 5.11 Å². The van der Waals surface area contributed by atoms with Gasteiger partial charge in [0.25, 0.3) is 0 Å². The molecular formula is C4H10Cl4MoO. The third kappa shape index (κ3) is 52.5. The first-order valence-electron chi connectivity index (χ1n) is 2.64. The van der Waals surface area contributed by atoms with Crippen LogP contribution in [0.2, 0.25) is 0 Å². The third-order valence-corrected chi connectivity index (χ3v) is 0.512. The Hall–Kier alpha value is 1.81. The Bertz CT molecular complexity index is 56.8. The molecule has 0 saturated carbocycles. The van der Waals surface area contributed by atoms with E-state index in [1.807, 2.05) is 0 Å². The van der Waals surface area contributed by atoms with Crippen LogP contribution in [0.5, 0.6) is 0 Å². The summed E-state index contributed by atoms with van der Waals surface area (Å²) in [5, 5.41) is 8.07. The standard InChI is InChI=1S/C4H10O.4ClH.Mo/c1-2-3-4-5;;;;;/h5H,2-4H2,1H3;4*1H;/q;;;;;+4/p-4. The molecule has 0 radical (unpaired) electrons. The number of hydrogen-bond donors (Lipinski definition) is 1. The van der Waals surface area contributed by atoms with Crippen molar-refractivity contribution in [2.75, 3.05) is 6.61 Å². The molecule has 6 heteroatoms. The van der Waals surface area contributed by atoms with E-state index in [1.54, 1.807) is 0 Å². The molecule has 0 aliphatic heterocycles. The topological polar surface area (TPSA) is 20.2 Å². The predicted molar refractivity (Wildman–Crippen MR) is 45.4 cm³/mol.